The summed E-state index contributed by atoms with van der Waals surface area (Å²) < 4.78 is 44.2. The minimum absolute atomic E-state index is 0.0581. The van der Waals surface area contributed by atoms with Crippen LogP contribution in [-0.2, 0) is 0 Å². The zero-order valence-corrected chi connectivity index (χ0v) is 15.4. The molecule has 0 spiro atoms. The second-order valence-corrected chi connectivity index (χ2v) is 5.96. The fourth-order valence-electron chi connectivity index (χ4n) is 2.44. The Kier molecular flexibility index (Phi) is 5.46. The molecule has 3 rings (SSSR count). The van der Waals surface area contributed by atoms with E-state index in [0.29, 0.717) is 17.4 Å². The highest BCUT2D eigenvalue weighted by atomic mass is 19.4. The lowest BCUT2D eigenvalue weighted by molar-refractivity contribution is -0.149. The molecule has 0 unspecified atom stereocenters. The standard InChI is InChI=1S/C17H17F3N8O/c1-8-25-15(28-16(22)26-8)11-5-9(13(21)17(18,19)20)6-24-14(11)27-10-3-4-12(29-2)23-7-10/h3-7,13H,21H2,1-2H3,(H,24,27)(H2,22,25,26,28)/t13-/m1/s1. The number of hydrogen-bond donors (Lipinski definition) is 3. The Labute approximate surface area is 163 Å². The topological polar surface area (TPSA) is 138 Å². The van der Waals surface area contributed by atoms with Crippen molar-refractivity contribution in [2.45, 2.75) is 19.1 Å². The number of pyridine rings is 2. The third-order valence-electron chi connectivity index (χ3n) is 3.83. The third kappa shape index (κ3) is 4.66. The summed E-state index contributed by atoms with van der Waals surface area (Å²) in [5.41, 5.74) is 11.4. The van der Waals surface area contributed by atoms with Crippen molar-refractivity contribution in [1.82, 2.24) is 24.9 Å². The van der Waals surface area contributed by atoms with Gasteiger partial charge in [0.2, 0.25) is 11.8 Å². The van der Waals surface area contributed by atoms with Gasteiger partial charge < -0.3 is 21.5 Å². The molecule has 0 amide bonds. The summed E-state index contributed by atoms with van der Waals surface area (Å²) in [5.74, 6) is 0.879. The predicted octanol–water partition coefficient (Wildman–Crippen LogP) is 2.53. The number of alkyl halides is 3. The molecule has 0 saturated carbocycles. The van der Waals surface area contributed by atoms with E-state index >= 15 is 0 Å². The van der Waals surface area contributed by atoms with Gasteiger partial charge in [-0.3, -0.25) is 0 Å². The van der Waals surface area contributed by atoms with Crippen LogP contribution in [0.2, 0.25) is 0 Å². The third-order valence-corrected chi connectivity index (χ3v) is 3.83. The minimum atomic E-state index is -4.64. The van der Waals surface area contributed by atoms with Crippen molar-refractivity contribution in [3.05, 3.63) is 42.0 Å². The Morgan fingerprint density at radius 2 is 1.86 bits per heavy atom. The summed E-state index contributed by atoms with van der Waals surface area (Å²) in [4.78, 5) is 20.2. The highest BCUT2D eigenvalue weighted by molar-refractivity contribution is 5.75. The molecule has 0 aliphatic rings. The number of hydrogen-bond acceptors (Lipinski definition) is 9. The monoisotopic (exact) mass is 406 g/mol. The molecule has 9 nitrogen and oxygen atoms in total. The molecule has 0 aliphatic carbocycles. The lowest BCUT2D eigenvalue weighted by Gasteiger charge is -2.18. The van der Waals surface area contributed by atoms with Crippen LogP contribution in [0.25, 0.3) is 11.4 Å². The molecule has 1 atom stereocenters. The van der Waals surface area contributed by atoms with Crippen molar-refractivity contribution in [3.63, 3.8) is 0 Å². The SMILES string of the molecule is COc1ccc(Nc2ncc([C@@H](N)C(F)(F)F)cc2-c2nc(C)nc(N)n2)cn1. The fraction of sp³-hybridized carbons (Fsp3) is 0.235. The number of nitrogen functional groups attached to an aromatic ring is 1. The van der Waals surface area contributed by atoms with Gasteiger partial charge in [-0.25, -0.2) is 15.0 Å². The number of nitrogens with two attached hydrogens (primary N) is 2. The van der Waals surface area contributed by atoms with Crippen molar-refractivity contribution >= 4 is 17.5 Å². The van der Waals surface area contributed by atoms with E-state index < -0.39 is 12.2 Å². The average molecular weight is 406 g/mol. The van der Waals surface area contributed by atoms with E-state index in [1.165, 1.54) is 19.4 Å². The Balaban J connectivity index is 2.08. The van der Waals surface area contributed by atoms with Crippen molar-refractivity contribution in [3.8, 4) is 17.3 Å². The number of ether oxygens (including phenoxy) is 1. The maximum atomic E-state index is 13.1. The Morgan fingerprint density at radius 3 is 2.45 bits per heavy atom. The second-order valence-electron chi connectivity index (χ2n) is 5.96. The van der Waals surface area contributed by atoms with Crippen LogP contribution in [0.1, 0.15) is 17.4 Å². The largest absolute Gasteiger partial charge is 0.481 e. The summed E-state index contributed by atoms with van der Waals surface area (Å²) >= 11 is 0. The van der Waals surface area contributed by atoms with E-state index in [1.54, 1.807) is 19.1 Å². The highest BCUT2D eigenvalue weighted by Gasteiger charge is 2.38. The Bertz CT molecular complexity index is 990. The lowest BCUT2D eigenvalue weighted by Crippen LogP contribution is -2.28. The Hall–Kier alpha value is -3.54. The van der Waals surface area contributed by atoms with Gasteiger partial charge in [-0.1, -0.05) is 0 Å². The molecule has 0 fully saturated rings. The number of nitrogens with zero attached hydrogens (tertiary/aromatic N) is 5. The van der Waals surface area contributed by atoms with Gasteiger partial charge >= 0.3 is 6.18 Å². The van der Waals surface area contributed by atoms with Crippen molar-refractivity contribution in [2.24, 2.45) is 5.73 Å². The molecular weight excluding hydrogens is 389 g/mol. The number of aryl methyl sites for hydroxylation is 1. The van der Waals surface area contributed by atoms with Crippen molar-refractivity contribution < 1.29 is 17.9 Å². The van der Waals surface area contributed by atoms with Crippen LogP contribution in [0.15, 0.2) is 30.6 Å². The van der Waals surface area contributed by atoms with Crippen LogP contribution >= 0.6 is 0 Å². The first-order chi connectivity index (χ1) is 13.7. The Morgan fingerprint density at radius 1 is 1.10 bits per heavy atom. The number of nitrogens with one attached hydrogen (secondary N) is 1. The van der Waals surface area contributed by atoms with Crippen LogP contribution in [0.3, 0.4) is 0 Å². The first-order valence-corrected chi connectivity index (χ1v) is 8.25. The number of halogens is 3. The van der Waals surface area contributed by atoms with Gasteiger partial charge in [0.15, 0.2) is 5.82 Å². The number of anilines is 3. The summed E-state index contributed by atoms with van der Waals surface area (Å²) in [7, 11) is 1.48. The second kappa shape index (κ2) is 7.83. The average Bonchev–Trinajstić information content (AvgIpc) is 2.67. The van der Waals surface area contributed by atoms with E-state index in [2.05, 4.69) is 30.2 Å². The number of methoxy groups -OCH3 is 1. The van der Waals surface area contributed by atoms with Crippen molar-refractivity contribution in [1.29, 1.82) is 0 Å². The zero-order valence-electron chi connectivity index (χ0n) is 15.4. The molecule has 0 aliphatic heterocycles. The number of aromatic nitrogens is 5. The molecule has 29 heavy (non-hydrogen) atoms. The smallest absolute Gasteiger partial charge is 0.407 e. The molecule has 3 aromatic heterocycles. The summed E-state index contributed by atoms with van der Waals surface area (Å²) in [5, 5.41) is 2.97. The molecular formula is C17H17F3N8O. The van der Waals surface area contributed by atoms with Gasteiger partial charge in [-0.2, -0.15) is 23.1 Å². The van der Waals surface area contributed by atoms with Gasteiger partial charge in [0.05, 0.1) is 24.6 Å². The van der Waals surface area contributed by atoms with E-state index in [1.807, 2.05) is 0 Å². The molecule has 152 valence electrons. The van der Waals surface area contributed by atoms with Gasteiger partial charge in [-0.15, -0.1) is 0 Å². The summed E-state index contributed by atoms with van der Waals surface area (Å²) in [6.45, 7) is 1.58. The van der Waals surface area contributed by atoms with Crippen LogP contribution in [-0.4, -0.2) is 38.2 Å². The van der Waals surface area contributed by atoms with E-state index in [0.717, 1.165) is 6.20 Å². The van der Waals surface area contributed by atoms with Gasteiger partial charge in [0.25, 0.3) is 0 Å². The lowest BCUT2D eigenvalue weighted by atomic mass is 10.1. The van der Waals surface area contributed by atoms with Crippen LogP contribution in [0.5, 0.6) is 5.88 Å². The molecule has 3 heterocycles. The van der Waals surface area contributed by atoms with Crippen LogP contribution in [0.4, 0.5) is 30.6 Å². The van der Waals surface area contributed by atoms with Crippen LogP contribution in [0, 0.1) is 6.92 Å². The first-order valence-electron chi connectivity index (χ1n) is 8.25. The molecule has 0 aromatic carbocycles. The first kappa shape index (κ1) is 20.2. The van der Waals surface area contributed by atoms with Crippen molar-refractivity contribution in [2.75, 3.05) is 18.2 Å². The predicted molar refractivity (Wildman–Crippen MR) is 99.3 cm³/mol. The normalized spacial score (nSPS) is 12.5. The van der Waals surface area contributed by atoms with Gasteiger partial charge in [0, 0.05) is 12.3 Å². The highest BCUT2D eigenvalue weighted by Crippen LogP contribution is 2.34. The molecule has 3 aromatic rings. The van der Waals surface area contributed by atoms with Gasteiger partial charge in [0.1, 0.15) is 17.7 Å². The maximum Gasteiger partial charge on any atom is 0.407 e. The zero-order chi connectivity index (χ0) is 21.2. The molecule has 12 heteroatoms. The fourth-order valence-corrected chi connectivity index (χ4v) is 2.44. The molecule has 0 saturated heterocycles. The van der Waals surface area contributed by atoms with E-state index in [9.17, 15) is 13.2 Å². The molecule has 5 N–H and O–H groups in total. The maximum absolute atomic E-state index is 13.1. The van der Waals surface area contributed by atoms with E-state index in [-0.39, 0.29) is 28.7 Å². The number of rotatable bonds is 5. The summed E-state index contributed by atoms with van der Waals surface area (Å²) in [6.07, 6.45) is -2.12. The summed E-state index contributed by atoms with van der Waals surface area (Å²) in [6, 6.07) is 2.28. The van der Waals surface area contributed by atoms with E-state index in [4.69, 9.17) is 16.2 Å². The molecule has 0 radical (unpaired) electrons. The van der Waals surface area contributed by atoms with Crippen LogP contribution < -0.4 is 21.5 Å². The molecule has 0 bridgehead atoms. The minimum Gasteiger partial charge on any atom is -0.481 e. The van der Waals surface area contributed by atoms with Gasteiger partial charge in [-0.05, 0) is 24.6 Å². The quantitative estimate of drug-likeness (QED) is 0.583.